The highest BCUT2D eigenvalue weighted by Gasteiger charge is 2.47. The van der Waals surface area contributed by atoms with Crippen molar-refractivity contribution < 1.29 is 38.7 Å². The quantitative estimate of drug-likeness (QED) is 0.399. The molecule has 1 rings (SSSR count). The number of nitrogens with one attached hydrogen (secondary N) is 1. The van der Waals surface area contributed by atoms with Crippen LogP contribution in [0.5, 0.6) is 0 Å². The van der Waals surface area contributed by atoms with Crippen LogP contribution in [0, 0.1) is 5.21 Å². The van der Waals surface area contributed by atoms with Crippen LogP contribution in [-0.2, 0) is 24.3 Å². The lowest BCUT2D eigenvalue weighted by Gasteiger charge is -2.21. The molecule has 0 aliphatic heterocycles. The monoisotopic (exact) mass is 427 g/mol. The number of hydrogen-bond acceptors (Lipinski definition) is 6. The Morgan fingerprint density at radius 2 is 1.64 bits per heavy atom. The number of alkyl halides is 3. The Labute approximate surface area is 132 Å². The summed E-state index contributed by atoms with van der Waals surface area (Å²) in [7, 11) is -10.3. The zero-order valence-electron chi connectivity index (χ0n) is 10.5. The fraction of sp³-hybridized carbons (Fsp3) is 0.333. The molecule has 126 valence electrons. The SMILES string of the molecule is O=S(=O)(c1ccc(Br)cc1)[NH+]([O-])CCOS(=O)(=O)C(F)(F)F. The molecule has 13 heteroatoms. The van der Waals surface area contributed by atoms with E-state index in [0.29, 0.717) is 4.47 Å². The van der Waals surface area contributed by atoms with E-state index in [1.807, 2.05) is 0 Å². The van der Waals surface area contributed by atoms with Crippen LogP contribution in [0.2, 0.25) is 0 Å². The van der Waals surface area contributed by atoms with E-state index in [0.717, 1.165) is 12.1 Å². The highest BCUT2D eigenvalue weighted by atomic mass is 79.9. The van der Waals surface area contributed by atoms with Crippen LogP contribution in [0.4, 0.5) is 13.2 Å². The minimum Gasteiger partial charge on any atom is -0.618 e. The maximum absolute atomic E-state index is 12.0. The molecule has 0 aliphatic rings. The van der Waals surface area contributed by atoms with Crippen LogP contribution in [-0.4, -0.2) is 35.5 Å². The van der Waals surface area contributed by atoms with Crippen molar-refractivity contribution in [3.8, 4) is 0 Å². The molecule has 1 atom stereocenters. The number of rotatable bonds is 6. The highest BCUT2D eigenvalue weighted by molar-refractivity contribution is 9.10. The van der Waals surface area contributed by atoms with Crippen LogP contribution >= 0.6 is 15.9 Å². The number of sulfonamides is 1. The van der Waals surface area contributed by atoms with Gasteiger partial charge in [0.25, 0.3) is 0 Å². The Kier molecular flexibility index (Phi) is 5.97. The third-order valence-electron chi connectivity index (χ3n) is 2.25. The number of benzene rings is 1. The van der Waals surface area contributed by atoms with E-state index in [4.69, 9.17) is 0 Å². The van der Waals surface area contributed by atoms with Gasteiger partial charge >= 0.3 is 25.6 Å². The lowest BCUT2D eigenvalue weighted by atomic mass is 10.4. The van der Waals surface area contributed by atoms with Crippen LogP contribution in [0.25, 0.3) is 0 Å². The lowest BCUT2D eigenvalue weighted by Crippen LogP contribution is -3.09. The molecule has 0 amide bonds. The zero-order valence-corrected chi connectivity index (χ0v) is 13.7. The van der Waals surface area contributed by atoms with Crippen LogP contribution in [0.15, 0.2) is 33.6 Å². The van der Waals surface area contributed by atoms with Gasteiger partial charge in [-0.25, -0.2) is 0 Å². The summed E-state index contributed by atoms with van der Waals surface area (Å²) < 4.78 is 83.4. The number of hydrogen-bond donors (Lipinski definition) is 1. The predicted octanol–water partition coefficient (Wildman–Crippen LogP) is 0.387. The average molecular weight is 428 g/mol. The molecule has 1 unspecified atom stereocenters. The first-order valence-electron chi connectivity index (χ1n) is 5.37. The van der Waals surface area contributed by atoms with Gasteiger partial charge < -0.3 is 5.21 Å². The average Bonchev–Trinajstić information content (AvgIpc) is 2.37. The minimum atomic E-state index is -5.86. The second-order valence-corrected chi connectivity index (χ2v) is 8.26. The van der Waals surface area contributed by atoms with E-state index in [1.54, 1.807) is 0 Å². The maximum Gasteiger partial charge on any atom is 0.523 e. The van der Waals surface area contributed by atoms with Crippen LogP contribution in [0.1, 0.15) is 0 Å². The molecule has 1 aromatic carbocycles. The molecular formula is C9H9BrF3NO6S2. The Bertz CT molecular complexity index is 717. The van der Waals surface area contributed by atoms with E-state index < -0.39 is 43.3 Å². The van der Waals surface area contributed by atoms with Gasteiger partial charge in [-0.3, -0.25) is 8.65 Å². The van der Waals surface area contributed by atoms with Gasteiger partial charge in [0.1, 0.15) is 18.0 Å². The highest BCUT2D eigenvalue weighted by Crippen LogP contribution is 2.24. The zero-order chi connectivity index (χ0) is 17.2. The van der Waals surface area contributed by atoms with E-state index in [9.17, 15) is 35.2 Å². The molecule has 1 aromatic rings. The minimum absolute atomic E-state index is 0.362. The number of hydroxylamine groups is 1. The van der Waals surface area contributed by atoms with Crippen molar-refractivity contribution in [2.45, 2.75) is 10.4 Å². The summed E-state index contributed by atoms with van der Waals surface area (Å²) in [6, 6.07) is 4.94. The van der Waals surface area contributed by atoms with E-state index in [2.05, 4.69) is 20.1 Å². The first kappa shape index (κ1) is 19.3. The molecule has 7 nitrogen and oxygen atoms in total. The largest absolute Gasteiger partial charge is 0.618 e. The number of halogens is 4. The summed E-state index contributed by atoms with van der Waals surface area (Å²) in [6.07, 6.45) is 0. The molecule has 0 saturated carbocycles. The van der Waals surface area contributed by atoms with Gasteiger partial charge in [-0.1, -0.05) is 15.9 Å². The van der Waals surface area contributed by atoms with Gasteiger partial charge in [0.15, 0.2) is 0 Å². The van der Waals surface area contributed by atoms with Crippen molar-refractivity contribution in [2.24, 2.45) is 0 Å². The summed E-state index contributed by atoms with van der Waals surface area (Å²) in [5.74, 6) is 0. The molecular weight excluding hydrogens is 419 g/mol. The van der Waals surface area contributed by atoms with Crippen LogP contribution < -0.4 is 4.47 Å². The van der Waals surface area contributed by atoms with Gasteiger partial charge in [-0.2, -0.15) is 30.0 Å². The molecule has 0 radical (unpaired) electrons. The van der Waals surface area contributed by atoms with E-state index in [-0.39, 0.29) is 4.90 Å². The smallest absolute Gasteiger partial charge is 0.523 e. The maximum atomic E-state index is 12.0. The Morgan fingerprint density at radius 3 is 2.09 bits per heavy atom. The first-order valence-corrected chi connectivity index (χ1v) is 9.05. The van der Waals surface area contributed by atoms with Crippen molar-refractivity contribution in [3.63, 3.8) is 0 Å². The van der Waals surface area contributed by atoms with Gasteiger partial charge in [-0.15, -0.1) is 0 Å². The molecule has 22 heavy (non-hydrogen) atoms. The third kappa shape index (κ3) is 4.63. The summed E-state index contributed by atoms with van der Waals surface area (Å²) in [6.45, 7) is -2.26. The van der Waals surface area contributed by atoms with Crippen molar-refractivity contribution in [1.82, 2.24) is 0 Å². The second-order valence-electron chi connectivity index (χ2n) is 3.80. The second kappa shape index (κ2) is 6.80. The van der Waals surface area contributed by atoms with Crippen molar-refractivity contribution in [3.05, 3.63) is 33.9 Å². The lowest BCUT2D eigenvalue weighted by molar-refractivity contribution is -0.708. The predicted molar refractivity (Wildman–Crippen MR) is 71.5 cm³/mol. The summed E-state index contributed by atoms with van der Waals surface area (Å²) >= 11 is 3.06. The normalized spacial score (nSPS) is 14.8. The summed E-state index contributed by atoms with van der Waals surface area (Å²) in [5.41, 5.74) is -5.64. The Balaban J connectivity index is 2.73. The Hall–Kier alpha value is -0.730. The van der Waals surface area contributed by atoms with Gasteiger partial charge in [0, 0.05) is 4.47 Å². The first-order chi connectivity index (χ1) is 9.88. The molecule has 0 aromatic heterocycles. The summed E-state index contributed by atoms with van der Waals surface area (Å²) in [4.78, 5) is -0.362. The fourth-order valence-electron chi connectivity index (χ4n) is 1.18. The van der Waals surface area contributed by atoms with Crippen LogP contribution in [0.3, 0.4) is 0 Å². The molecule has 0 spiro atoms. The van der Waals surface area contributed by atoms with Crippen molar-refractivity contribution in [2.75, 3.05) is 13.2 Å². The molecule has 1 N–H and O–H groups in total. The Morgan fingerprint density at radius 1 is 1.14 bits per heavy atom. The standard InChI is InChI=1S/C9H9BrF3NO6S2/c10-7-1-3-8(4-2-7)21(16,17)14(15)5-6-20-22(18,19)9(11,12)13/h1-4,14H,5-6H2. The molecule has 0 aliphatic carbocycles. The van der Waals surface area contributed by atoms with Gasteiger partial charge in [0.05, 0.1) is 0 Å². The number of quaternary nitrogens is 1. The van der Waals surface area contributed by atoms with Gasteiger partial charge in [-0.05, 0) is 24.3 Å². The molecule has 0 heterocycles. The van der Waals surface area contributed by atoms with Crippen molar-refractivity contribution in [1.29, 1.82) is 0 Å². The third-order valence-corrected chi connectivity index (χ3v) is 5.52. The summed E-state index contributed by atoms with van der Waals surface area (Å²) in [5, 5.41) is 11.5. The molecule has 0 bridgehead atoms. The van der Waals surface area contributed by atoms with Crippen molar-refractivity contribution >= 4 is 36.1 Å². The molecule has 0 fully saturated rings. The van der Waals surface area contributed by atoms with E-state index in [1.165, 1.54) is 12.1 Å². The topological polar surface area (TPSA) is 105 Å². The van der Waals surface area contributed by atoms with Gasteiger partial charge in [0.2, 0.25) is 0 Å². The molecule has 0 saturated heterocycles. The van der Waals surface area contributed by atoms with E-state index >= 15 is 0 Å². The fourth-order valence-corrected chi connectivity index (χ4v) is 2.99.